The maximum atomic E-state index is 13.0. The number of hydrogen-bond donors (Lipinski definition) is 3. The minimum atomic E-state index is -4.36. The van der Waals surface area contributed by atoms with E-state index in [-0.39, 0.29) is 19.1 Å². The number of amides is 1. The van der Waals surface area contributed by atoms with Crippen LogP contribution in [0.4, 0.5) is 0 Å². The van der Waals surface area contributed by atoms with Crippen LogP contribution in [0.1, 0.15) is 277 Å². The van der Waals surface area contributed by atoms with E-state index in [0.29, 0.717) is 17.4 Å². The van der Waals surface area contributed by atoms with Gasteiger partial charge in [-0.25, -0.2) is 4.57 Å². The summed E-state index contributed by atoms with van der Waals surface area (Å²) in [7, 11) is 1.56. The highest BCUT2D eigenvalue weighted by atomic mass is 31.2. The number of carbonyl (C=O) groups is 1. The average Bonchev–Trinajstić information content (AvgIpc) is 3.33. The fraction of sp³-hybridized carbons (Fsp3) is 0.823. The molecule has 71 heavy (non-hydrogen) atoms. The molecule has 0 spiro atoms. The zero-order valence-electron chi connectivity index (χ0n) is 47.5. The van der Waals surface area contributed by atoms with Crippen molar-refractivity contribution in [3.63, 3.8) is 0 Å². The molecule has 0 radical (unpaired) electrons. The Labute approximate surface area is 441 Å². The molecule has 0 aromatic rings. The molecule has 1 amide bonds. The third kappa shape index (κ3) is 55.8. The molecule has 0 aliphatic rings. The average molecular weight is 1020 g/mol. The van der Waals surface area contributed by atoms with E-state index in [4.69, 9.17) is 9.05 Å². The molecular formula is C62H118N2O6P+. The number of hydrogen-bond acceptors (Lipinski definition) is 5. The van der Waals surface area contributed by atoms with Gasteiger partial charge < -0.3 is 19.8 Å². The highest BCUT2D eigenvalue weighted by Crippen LogP contribution is 2.43. The van der Waals surface area contributed by atoms with Gasteiger partial charge in [0.1, 0.15) is 13.2 Å². The number of allylic oxidation sites excluding steroid dienone is 9. The van der Waals surface area contributed by atoms with Gasteiger partial charge in [0.15, 0.2) is 0 Å². The molecule has 3 N–H and O–H groups in total. The van der Waals surface area contributed by atoms with Gasteiger partial charge in [0.2, 0.25) is 5.91 Å². The zero-order chi connectivity index (χ0) is 52.0. The highest BCUT2D eigenvalue weighted by molar-refractivity contribution is 7.47. The van der Waals surface area contributed by atoms with Crippen LogP contribution in [0.25, 0.3) is 0 Å². The molecule has 0 aliphatic heterocycles. The Hall–Kier alpha value is -1.80. The molecule has 0 aromatic carbocycles. The van der Waals surface area contributed by atoms with E-state index < -0.39 is 20.0 Å². The predicted octanol–water partition coefficient (Wildman–Crippen LogP) is 18.5. The molecule has 0 bridgehead atoms. The molecule has 416 valence electrons. The standard InChI is InChI=1S/C62H117N2O6P/c1-6-8-10-12-14-16-18-20-22-24-26-27-28-29-30-31-32-33-34-35-36-38-39-41-43-45-47-49-51-53-55-61(65)60(59-70-71(67,68)69-58-57-64(3,4)5)63-62(66)56-54-52-50-48-46-44-42-40-37-25-23-21-19-17-15-13-11-9-7-2/h9,11,15,17,21,23,37,40,53,55,60-61,65H,6-8,10,12-14,16,18-20,22,24-36,38-39,41-52,54,56-59H2,1-5H3,(H-,63,66,67,68)/p+1/b11-9-,17-15-,23-21-,40-37-,55-53+. The third-order valence-corrected chi connectivity index (χ3v) is 14.5. The van der Waals surface area contributed by atoms with Gasteiger partial charge in [0.05, 0.1) is 39.9 Å². The van der Waals surface area contributed by atoms with Crippen molar-refractivity contribution in [2.24, 2.45) is 0 Å². The largest absolute Gasteiger partial charge is 0.472 e. The van der Waals surface area contributed by atoms with Crippen LogP contribution in [-0.2, 0) is 18.4 Å². The van der Waals surface area contributed by atoms with E-state index in [2.05, 4.69) is 67.8 Å². The topological polar surface area (TPSA) is 105 Å². The van der Waals surface area contributed by atoms with Gasteiger partial charge >= 0.3 is 7.82 Å². The Morgan fingerprint density at radius 1 is 0.493 bits per heavy atom. The molecule has 9 heteroatoms. The van der Waals surface area contributed by atoms with E-state index in [1.54, 1.807) is 6.08 Å². The minimum Gasteiger partial charge on any atom is -0.387 e. The summed E-state index contributed by atoms with van der Waals surface area (Å²) in [6.07, 6.45) is 71.9. The second-order valence-corrected chi connectivity index (χ2v) is 23.2. The first-order chi connectivity index (χ1) is 34.5. The van der Waals surface area contributed by atoms with Crippen molar-refractivity contribution >= 4 is 13.7 Å². The summed E-state index contributed by atoms with van der Waals surface area (Å²) in [6.45, 7) is 4.72. The van der Waals surface area contributed by atoms with Crippen molar-refractivity contribution < 1.29 is 32.9 Å². The van der Waals surface area contributed by atoms with Crippen molar-refractivity contribution in [1.82, 2.24) is 5.32 Å². The van der Waals surface area contributed by atoms with Crippen LogP contribution in [0.2, 0.25) is 0 Å². The summed E-state index contributed by atoms with van der Waals surface area (Å²) in [5, 5.41) is 13.9. The fourth-order valence-electron chi connectivity index (χ4n) is 8.80. The number of phosphoric ester groups is 1. The molecule has 0 saturated heterocycles. The van der Waals surface area contributed by atoms with Crippen molar-refractivity contribution in [3.8, 4) is 0 Å². The predicted molar refractivity (Wildman–Crippen MR) is 309 cm³/mol. The van der Waals surface area contributed by atoms with E-state index in [1.807, 2.05) is 27.2 Å². The quantitative estimate of drug-likeness (QED) is 0.0243. The van der Waals surface area contributed by atoms with Gasteiger partial charge in [-0.05, 0) is 57.8 Å². The van der Waals surface area contributed by atoms with Crippen LogP contribution in [-0.4, -0.2) is 73.4 Å². The number of phosphoric acid groups is 1. The fourth-order valence-corrected chi connectivity index (χ4v) is 9.54. The van der Waals surface area contributed by atoms with Gasteiger partial charge in [-0.15, -0.1) is 0 Å². The molecule has 0 fully saturated rings. The first-order valence-electron chi connectivity index (χ1n) is 30.2. The van der Waals surface area contributed by atoms with Gasteiger partial charge in [-0.2, -0.15) is 0 Å². The summed E-state index contributed by atoms with van der Waals surface area (Å²) in [5.41, 5.74) is 0. The Morgan fingerprint density at radius 2 is 0.845 bits per heavy atom. The lowest BCUT2D eigenvalue weighted by Crippen LogP contribution is -2.45. The monoisotopic (exact) mass is 1020 g/mol. The van der Waals surface area contributed by atoms with E-state index in [1.165, 1.54) is 180 Å². The molecule has 0 aliphatic carbocycles. The lowest BCUT2D eigenvalue weighted by molar-refractivity contribution is -0.870. The van der Waals surface area contributed by atoms with Crippen LogP contribution in [0.15, 0.2) is 60.8 Å². The summed E-state index contributed by atoms with van der Waals surface area (Å²) >= 11 is 0. The molecule has 0 rings (SSSR count). The minimum absolute atomic E-state index is 0.0564. The first kappa shape index (κ1) is 69.2. The number of nitrogens with one attached hydrogen (secondary N) is 1. The van der Waals surface area contributed by atoms with E-state index in [0.717, 1.165) is 77.0 Å². The van der Waals surface area contributed by atoms with Crippen LogP contribution < -0.4 is 5.32 Å². The molecule has 0 heterocycles. The molecule has 0 saturated carbocycles. The van der Waals surface area contributed by atoms with Gasteiger partial charge in [-0.1, -0.05) is 274 Å². The van der Waals surface area contributed by atoms with E-state index in [9.17, 15) is 19.4 Å². The zero-order valence-corrected chi connectivity index (χ0v) is 48.4. The number of rotatable bonds is 55. The summed E-state index contributed by atoms with van der Waals surface area (Å²) in [5.74, 6) is -0.190. The molecule has 0 aromatic heterocycles. The van der Waals surface area contributed by atoms with Crippen LogP contribution in [0.5, 0.6) is 0 Å². The lowest BCUT2D eigenvalue weighted by Gasteiger charge is -2.25. The van der Waals surface area contributed by atoms with Crippen molar-refractivity contribution in [1.29, 1.82) is 0 Å². The number of aliphatic hydroxyl groups excluding tert-OH is 1. The summed E-state index contributed by atoms with van der Waals surface area (Å²) in [4.78, 5) is 23.3. The molecule has 8 nitrogen and oxygen atoms in total. The normalized spacial score (nSPS) is 14.3. The number of aliphatic hydroxyl groups is 1. The molecule has 3 unspecified atom stereocenters. The Bertz CT molecular complexity index is 1340. The maximum Gasteiger partial charge on any atom is 0.472 e. The summed E-state index contributed by atoms with van der Waals surface area (Å²) < 4.78 is 23.7. The number of quaternary nitrogens is 1. The number of unbranched alkanes of at least 4 members (excludes halogenated alkanes) is 34. The van der Waals surface area contributed by atoms with E-state index >= 15 is 0 Å². The number of likely N-dealkylation sites (N-methyl/N-ethyl adjacent to an activating group) is 1. The Morgan fingerprint density at radius 3 is 1.24 bits per heavy atom. The summed E-state index contributed by atoms with van der Waals surface area (Å²) in [6, 6.07) is -0.858. The second-order valence-electron chi connectivity index (χ2n) is 21.7. The van der Waals surface area contributed by atoms with Crippen LogP contribution >= 0.6 is 7.82 Å². The molecular weight excluding hydrogens is 900 g/mol. The Kier molecular flexibility index (Phi) is 51.7. The van der Waals surface area contributed by atoms with Crippen LogP contribution in [0.3, 0.4) is 0 Å². The van der Waals surface area contributed by atoms with Crippen LogP contribution in [0, 0.1) is 0 Å². The Balaban J connectivity index is 4.15. The second kappa shape index (κ2) is 53.0. The highest BCUT2D eigenvalue weighted by Gasteiger charge is 2.27. The van der Waals surface area contributed by atoms with Crippen molar-refractivity contribution in [3.05, 3.63) is 60.8 Å². The van der Waals surface area contributed by atoms with Crippen molar-refractivity contribution in [2.45, 2.75) is 289 Å². The lowest BCUT2D eigenvalue weighted by atomic mass is 10.0. The smallest absolute Gasteiger partial charge is 0.387 e. The van der Waals surface area contributed by atoms with Crippen molar-refractivity contribution in [2.75, 3.05) is 40.9 Å². The van der Waals surface area contributed by atoms with Gasteiger partial charge in [0.25, 0.3) is 0 Å². The first-order valence-corrected chi connectivity index (χ1v) is 31.7. The molecule has 3 atom stereocenters. The van der Waals surface area contributed by atoms with Gasteiger partial charge in [-0.3, -0.25) is 13.8 Å². The van der Waals surface area contributed by atoms with Gasteiger partial charge in [0, 0.05) is 6.42 Å². The number of nitrogens with zero attached hydrogens (tertiary/aromatic N) is 1. The maximum absolute atomic E-state index is 13.0. The third-order valence-electron chi connectivity index (χ3n) is 13.5. The number of carbonyl (C=O) groups excluding carboxylic acids is 1. The SMILES string of the molecule is CC/C=C\C/C=C\C/C=C\C/C=C\CCCCCCCCC(=O)NC(COP(=O)(O)OCC[N+](C)(C)C)C(O)/C=C/CCCCCCCCCCCCCCCCCCCCCCCCCCCCCC.